The van der Waals surface area contributed by atoms with Gasteiger partial charge >= 0.3 is 0 Å². The number of carbonyl (C=O) groups is 1. The van der Waals surface area contributed by atoms with Gasteiger partial charge in [0.2, 0.25) is 0 Å². The molecule has 5 heteroatoms. The molecule has 0 radical (unpaired) electrons. The second-order valence-electron chi connectivity index (χ2n) is 5.34. The lowest BCUT2D eigenvalue weighted by Gasteiger charge is -2.17. The van der Waals surface area contributed by atoms with E-state index in [4.69, 9.17) is 11.6 Å². The Hall–Kier alpha value is -1.26. The summed E-state index contributed by atoms with van der Waals surface area (Å²) in [6, 6.07) is 7.82. The summed E-state index contributed by atoms with van der Waals surface area (Å²) in [5, 5.41) is 4.30. The van der Waals surface area contributed by atoms with E-state index >= 15 is 0 Å². The van der Waals surface area contributed by atoms with Crippen LogP contribution in [0.3, 0.4) is 0 Å². The van der Waals surface area contributed by atoms with Crippen LogP contribution in [0, 0.1) is 0 Å². The molecule has 0 bridgehead atoms. The number of rotatable bonds is 2. The van der Waals surface area contributed by atoms with Crippen molar-refractivity contribution in [2.45, 2.75) is 38.1 Å². The van der Waals surface area contributed by atoms with E-state index in [9.17, 15) is 4.79 Å². The van der Waals surface area contributed by atoms with Gasteiger partial charge in [0, 0.05) is 5.02 Å². The van der Waals surface area contributed by atoms with Crippen molar-refractivity contribution in [1.29, 1.82) is 0 Å². The summed E-state index contributed by atoms with van der Waals surface area (Å²) in [6.45, 7) is 0. The zero-order chi connectivity index (χ0) is 14.7. The van der Waals surface area contributed by atoms with Crippen LogP contribution in [0.25, 0.3) is 6.08 Å². The maximum atomic E-state index is 12.0. The molecule has 1 amide bonds. The minimum absolute atomic E-state index is 0.0653. The number of amides is 1. The third-order valence-corrected chi connectivity index (χ3v) is 4.87. The van der Waals surface area contributed by atoms with Gasteiger partial charge in [-0.3, -0.25) is 9.79 Å². The van der Waals surface area contributed by atoms with Crippen LogP contribution in [0.5, 0.6) is 0 Å². The average Bonchev–Trinajstić information content (AvgIpc) is 2.82. The van der Waals surface area contributed by atoms with Crippen LogP contribution < -0.4 is 5.32 Å². The molecule has 1 N–H and O–H groups in total. The molecule has 0 atom stereocenters. The Balaban J connectivity index is 1.72. The molecule has 0 spiro atoms. The van der Waals surface area contributed by atoms with Crippen molar-refractivity contribution in [3.05, 3.63) is 39.8 Å². The molecule has 3 nitrogen and oxygen atoms in total. The van der Waals surface area contributed by atoms with E-state index in [1.807, 2.05) is 30.3 Å². The summed E-state index contributed by atoms with van der Waals surface area (Å²) < 4.78 is 0. The normalized spacial score (nSPS) is 23.8. The Labute approximate surface area is 133 Å². The molecule has 0 unspecified atom stereocenters. The number of nitrogens with zero attached hydrogens (tertiary/aromatic N) is 1. The van der Waals surface area contributed by atoms with Gasteiger partial charge in [-0.1, -0.05) is 43.0 Å². The van der Waals surface area contributed by atoms with E-state index < -0.39 is 0 Å². The number of amidine groups is 1. The predicted molar refractivity (Wildman–Crippen MR) is 89.5 cm³/mol. The Morgan fingerprint density at radius 2 is 1.90 bits per heavy atom. The minimum Gasteiger partial charge on any atom is -0.301 e. The molecule has 1 heterocycles. The van der Waals surface area contributed by atoms with Gasteiger partial charge in [0.15, 0.2) is 5.17 Å². The maximum absolute atomic E-state index is 12.0. The molecule has 21 heavy (non-hydrogen) atoms. The van der Waals surface area contributed by atoms with Crippen molar-refractivity contribution in [3.8, 4) is 0 Å². The summed E-state index contributed by atoms with van der Waals surface area (Å²) in [5.74, 6) is -0.0653. The fraction of sp³-hybridized carbons (Fsp3) is 0.375. The average molecular weight is 321 g/mol. The first-order valence-corrected chi connectivity index (χ1v) is 8.44. The molecule has 2 aliphatic rings. The van der Waals surface area contributed by atoms with Gasteiger partial charge in [-0.15, -0.1) is 0 Å². The van der Waals surface area contributed by atoms with E-state index in [1.54, 1.807) is 0 Å². The Morgan fingerprint density at radius 3 is 2.62 bits per heavy atom. The van der Waals surface area contributed by atoms with Crippen molar-refractivity contribution in [3.63, 3.8) is 0 Å². The first-order valence-electron chi connectivity index (χ1n) is 7.25. The first kappa shape index (κ1) is 14.7. The monoisotopic (exact) mass is 320 g/mol. The van der Waals surface area contributed by atoms with Crippen LogP contribution in [0.1, 0.15) is 37.7 Å². The number of aliphatic imine (C=N–C) groups is 1. The smallest absolute Gasteiger partial charge is 0.264 e. The molecular formula is C16H17ClN2OS. The molecule has 3 rings (SSSR count). The Kier molecular flexibility index (Phi) is 4.66. The summed E-state index contributed by atoms with van der Waals surface area (Å²) in [4.78, 5) is 17.4. The zero-order valence-electron chi connectivity index (χ0n) is 11.6. The third-order valence-electron chi connectivity index (χ3n) is 3.69. The fourth-order valence-electron chi connectivity index (χ4n) is 2.57. The Bertz CT molecular complexity index is 589. The van der Waals surface area contributed by atoms with Crippen molar-refractivity contribution in [2.75, 3.05) is 0 Å². The van der Waals surface area contributed by atoms with Crippen LogP contribution in [0.2, 0.25) is 5.02 Å². The maximum Gasteiger partial charge on any atom is 0.264 e. The van der Waals surface area contributed by atoms with Gasteiger partial charge in [0.1, 0.15) is 0 Å². The summed E-state index contributed by atoms with van der Waals surface area (Å²) in [5.41, 5.74) is 0.968. The highest BCUT2D eigenvalue weighted by Crippen LogP contribution is 2.28. The van der Waals surface area contributed by atoms with Crippen molar-refractivity contribution in [2.24, 2.45) is 4.99 Å². The van der Waals surface area contributed by atoms with Crippen molar-refractivity contribution < 1.29 is 4.79 Å². The van der Waals surface area contributed by atoms with E-state index in [0.717, 1.165) is 23.6 Å². The SMILES string of the molecule is O=C1NC(=NC2CCCCC2)S/C1=C/c1ccc(Cl)cc1. The topological polar surface area (TPSA) is 41.5 Å². The highest BCUT2D eigenvalue weighted by Gasteiger charge is 2.25. The molecule has 1 aromatic carbocycles. The molecular weight excluding hydrogens is 304 g/mol. The number of thioether (sulfide) groups is 1. The number of hydrogen-bond acceptors (Lipinski definition) is 3. The lowest BCUT2D eigenvalue weighted by molar-refractivity contribution is -0.115. The lowest BCUT2D eigenvalue weighted by Crippen LogP contribution is -2.22. The number of carbonyl (C=O) groups excluding carboxylic acids is 1. The van der Waals surface area contributed by atoms with Crippen LogP contribution in [-0.4, -0.2) is 17.1 Å². The fourth-order valence-corrected chi connectivity index (χ4v) is 3.59. The summed E-state index contributed by atoms with van der Waals surface area (Å²) in [7, 11) is 0. The van der Waals surface area contributed by atoms with Crippen LogP contribution in [0.15, 0.2) is 34.2 Å². The lowest BCUT2D eigenvalue weighted by atomic mass is 9.96. The molecule has 1 saturated heterocycles. The quantitative estimate of drug-likeness (QED) is 0.828. The second kappa shape index (κ2) is 6.67. The van der Waals surface area contributed by atoms with Gasteiger partial charge in [0.05, 0.1) is 10.9 Å². The largest absolute Gasteiger partial charge is 0.301 e. The molecule has 1 aliphatic carbocycles. The number of nitrogens with one attached hydrogen (secondary N) is 1. The van der Waals surface area contributed by atoms with E-state index in [2.05, 4.69) is 10.3 Å². The van der Waals surface area contributed by atoms with Crippen LogP contribution >= 0.6 is 23.4 Å². The first-order chi connectivity index (χ1) is 10.2. The van der Waals surface area contributed by atoms with Gasteiger partial charge in [-0.05, 0) is 48.4 Å². The number of halogens is 1. The molecule has 110 valence electrons. The van der Waals surface area contributed by atoms with Crippen LogP contribution in [-0.2, 0) is 4.79 Å². The van der Waals surface area contributed by atoms with E-state index in [-0.39, 0.29) is 5.91 Å². The van der Waals surface area contributed by atoms with Gasteiger partial charge in [-0.25, -0.2) is 0 Å². The molecule has 2 fully saturated rings. The summed E-state index contributed by atoms with van der Waals surface area (Å²) >= 11 is 7.29. The number of benzene rings is 1. The van der Waals surface area contributed by atoms with Gasteiger partial charge in [-0.2, -0.15) is 0 Å². The minimum atomic E-state index is -0.0653. The van der Waals surface area contributed by atoms with Crippen molar-refractivity contribution >= 4 is 40.5 Å². The molecule has 0 aromatic heterocycles. The van der Waals surface area contributed by atoms with Crippen LogP contribution in [0.4, 0.5) is 0 Å². The highest BCUT2D eigenvalue weighted by molar-refractivity contribution is 8.18. The number of hydrogen-bond donors (Lipinski definition) is 1. The molecule has 1 aromatic rings. The standard InChI is InChI=1S/C16H17ClN2OS/c17-12-8-6-11(7-9-12)10-14-15(20)19-16(21-14)18-13-4-2-1-3-5-13/h6-10,13H,1-5H2,(H,18,19,20)/b14-10+. The molecule has 1 saturated carbocycles. The predicted octanol–water partition coefficient (Wildman–Crippen LogP) is 4.23. The van der Waals surface area contributed by atoms with Gasteiger partial charge < -0.3 is 5.32 Å². The van der Waals surface area contributed by atoms with E-state index in [0.29, 0.717) is 16.0 Å². The van der Waals surface area contributed by atoms with Gasteiger partial charge in [0.25, 0.3) is 5.91 Å². The van der Waals surface area contributed by atoms with E-state index in [1.165, 1.54) is 31.0 Å². The third kappa shape index (κ3) is 3.89. The zero-order valence-corrected chi connectivity index (χ0v) is 13.2. The summed E-state index contributed by atoms with van der Waals surface area (Å²) in [6.07, 6.45) is 7.94. The van der Waals surface area contributed by atoms with Crippen molar-refractivity contribution in [1.82, 2.24) is 5.32 Å². The molecule has 1 aliphatic heterocycles. The highest BCUT2D eigenvalue weighted by atomic mass is 35.5. The second-order valence-corrected chi connectivity index (χ2v) is 6.81. The Morgan fingerprint density at radius 1 is 1.19 bits per heavy atom.